The highest BCUT2D eigenvalue weighted by molar-refractivity contribution is 6.04. The molecule has 92 valence electrons. The normalized spacial score (nSPS) is 19.0. The monoisotopic (exact) mass is 233 g/mol. The second-order valence-electron chi connectivity index (χ2n) is 4.92. The lowest BCUT2D eigenvalue weighted by Crippen LogP contribution is -2.52. The molecule has 1 fully saturated rings. The van der Waals surface area contributed by atoms with E-state index in [2.05, 4.69) is 0 Å². The maximum absolute atomic E-state index is 12.5. The Morgan fingerprint density at radius 2 is 1.94 bits per heavy atom. The van der Waals surface area contributed by atoms with Gasteiger partial charge in [-0.2, -0.15) is 0 Å². The minimum atomic E-state index is -0.738. The van der Waals surface area contributed by atoms with Crippen molar-refractivity contribution in [3.05, 3.63) is 34.9 Å². The number of Topliss-reactive ketones (excluding diaryl/α,β-unsaturated/α-hetero) is 1. The van der Waals surface area contributed by atoms with E-state index in [0.717, 1.165) is 16.7 Å². The molecule has 1 aromatic rings. The lowest BCUT2D eigenvalue weighted by Gasteiger charge is -2.32. The first-order chi connectivity index (χ1) is 8.03. The number of ether oxygens (including phenoxy) is 1. The molecule has 0 bridgehead atoms. The van der Waals surface area contributed by atoms with E-state index >= 15 is 0 Å². The van der Waals surface area contributed by atoms with Crippen molar-refractivity contribution in [3.8, 4) is 0 Å². The fraction of sp³-hybridized carbons (Fsp3) is 0.500. The van der Waals surface area contributed by atoms with Crippen LogP contribution < -0.4 is 5.73 Å². The van der Waals surface area contributed by atoms with Crippen LogP contribution >= 0.6 is 0 Å². The molecule has 1 aliphatic heterocycles. The van der Waals surface area contributed by atoms with Gasteiger partial charge in [0.2, 0.25) is 0 Å². The summed E-state index contributed by atoms with van der Waals surface area (Å²) in [6.07, 6.45) is 1.22. The maximum atomic E-state index is 12.5. The summed E-state index contributed by atoms with van der Waals surface area (Å²) in [5.74, 6) is 0.0540. The van der Waals surface area contributed by atoms with Gasteiger partial charge in [0.1, 0.15) is 0 Å². The van der Waals surface area contributed by atoms with Crippen LogP contribution in [0.15, 0.2) is 18.2 Å². The Bertz CT molecular complexity index is 434. The van der Waals surface area contributed by atoms with Crippen LogP contribution in [0, 0.1) is 13.8 Å². The van der Waals surface area contributed by atoms with E-state index in [9.17, 15) is 4.79 Å². The summed E-state index contributed by atoms with van der Waals surface area (Å²) in [6.45, 7) is 5.14. The predicted molar refractivity (Wildman–Crippen MR) is 67.2 cm³/mol. The molecule has 0 unspecified atom stereocenters. The summed E-state index contributed by atoms with van der Waals surface area (Å²) in [6, 6.07) is 5.87. The molecule has 17 heavy (non-hydrogen) atoms. The molecule has 1 aromatic carbocycles. The number of hydrogen-bond donors (Lipinski definition) is 1. The lowest BCUT2D eigenvalue weighted by atomic mass is 9.82. The van der Waals surface area contributed by atoms with Gasteiger partial charge in [0, 0.05) is 18.8 Å². The lowest BCUT2D eigenvalue weighted by molar-refractivity contribution is 0.0447. The Kier molecular flexibility index (Phi) is 3.31. The van der Waals surface area contributed by atoms with Crippen LogP contribution in [-0.4, -0.2) is 24.5 Å². The van der Waals surface area contributed by atoms with Crippen molar-refractivity contribution in [2.24, 2.45) is 5.73 Å². The number of carbonyl (C=O) groups is 1. The van der Waals surface area contributed by atoms with Crippen molar-refractivity contribution >= 4 is 5.78 Å². The summed E-state index contributed by atoms with van der Waals surface area (Å²) >= 11 is 0. The molecule has 2 N–H and O–H groups in total. The number of carbonyl (C=O) groups excluding carboxylic acids is 1. The molecule has 0 spiro atoms. The summed E-state index contributed by atoms with van der Waals surface area (Å²) < 4.78 is 5.27. The maximum Gasteiger partial charge on any atom is 0.183 e. The summed E-state index contributed by atoms with van der Waals surface area (Å²) in [4.78, 5) is 12.5. The van der Waals surface area contributed by atoms with E-state index in [-0.39, 0.29) is 5.78 Å². The SMILES string of the molecule is Cc1ccc(C(=O)C2(N)CCOCC2)c(C)c1. The van der Waals surface area contributed by atoms with Gasteiger partial charge in [-0.05, 0) is 32.3 Å². The molecule has 0 aromatic heterocycles. The molecular weight excluding hydrogens is 214 g/mol. The van der Waals surface area contributed by atoms with Gasteiger partial charge in [-0.1, -0.05) is 23.8 Å². The van der Waals surface area contributed by atoms with Crippen molar-refractivity contribution in [1.82, 2.24) is 0 Å². The first kappa shape index (κ1) is 12.3. The molecule has 1 saturated heterocycles. The van der Waals surface area contributed by atoms with Crippen LogP contribution in [0.25, 0.3) is 0 Å². The highest BCUT2D eigenvalue weighted by atomic mass is 16.5. The Balaban J connectivity index is 2.30. The van der Waals surface area contributed by atoms with Crippen molar-refractivity contribution in [2.75, 3.05) is 13.2 Å². The Hall–Kier alpha value is -1.19. The number of ketones is 1. The van der Waals surface area contributed by atoms with E-state index in [1.165, 1.54) is 0 Å². The Labute approximate surface area is 102 Å². The van der Waals surface area contributed by atoms with Gasteiger partial charge in [0.05, 0.1) is 5.54 Å². The van der Waals surface area contributed by atoms with Gasteiger partial charge < -0.3 is 10.5 Å². The van der Waals surface area contributed by atoms with Crippen molar-refractivity contribution in [1.29, 1.82) is 0 Å². The summed E-state index contributed by atoms with van der Waals surface area (Å²) in [7, 11) is 0. The second-order valence-corrected chi connectivity index (χ2v) is 4.92. The average molecular weight is 233 g/mol. The molecule has 0 radical (unpaired) electrons. The van der Waals surface area contributed by atoms with Gasteiger partial charge in [0.15, 0.2) is 5.78 Å². The van der Waals surface area contributed by atoms with Crippen LogP contribution in [0.2, 0.25) is 0 Å². The zero-order valence-electron chi connectivity index (χ0n) is 10.5. The number of aryl methyl sites for hydroxylation is 2. The molecule has 0 amide bonds. The molecule has 1 aliphatic rings. The second kappa shape index (κ2) is 4.59. The van der Waals surface area contributed by atoms with Crippen molar-refractivity contribution in [3.63, 3.8) is 0 Å². The topological polar surface area (TPSA) is 52.3 Å². The number of benzene rings is 1. The molecule has 3 nitrogen and oxygen atoms in total. The van der Waals surface area contributed by atoms with E-state index < -0.39 is 5.54 Å². The van der Waals surface area contributed by atoms with Crippen LogP contribution in [0.5, 0.6) is 0 Å². The number of nitrogens with two attached hydrogens (primary N) is 1. The van der Waals surface area contributed by atoms with Gasteiger partial charge >= 0.3 is 0 Å². The van der Waals surface area contributed by atoms with Gasteiger partial charge in [-0.15, -0.1) is 0 Å². The molecule has 0 aliphatic carbocycles. The van der Waals surface area contributed by atoms with E-state index in [0.29, 0.717) is 26.1 Å². The minimum absolute atomic E-state index is 0.0540. The van der Waals surface area contributed by atoms with Crippen molar-refractivity contribution in [2.45, 2.75) is 32.2 Å². The number of rotatable bonds is 2. The summed E-state index contributed by atoms with van der Waals surface area (Å²) in [5, 5.41) is 0. The fourth-order valence-electron chi connectivity index (χ4n) is 2.30. The van der Waals surface area contributed by atoms with Crippen LogP contribution in [0.3, 0.4) is 0 Å². The standard InChI is InChI=1S/C14H19NO2/c1-10-3-4-12(11(2)9-10)13(16)14(15)5-7-17-8-6-14/h3-4,9H,5-8,15H2,1-2H3. The molecule has 0 saturated carbocycles. The first-order valence-electron chi connectivity index (χ1n) is 6.02. The number of hydrogen-bond acceptors (Lipinski definition) is 3. The van der Waals surface area contributed by atoms with Crippen molar-refractivity contribution < 1.29 is 9.53 Å². The van der Waals surface area contributed by atoms with E-state index in [1.807, 2.05) is 32.0 Å². The third kappa shape index (κ3) is 2.40. The predicted octanol–water partition coefficient (Wildman–Crippen LogP) is 1.99. The molecule has 0 atom stereocenters. The van der Waals surface area contributed by atoms with Gasteiger partial charge in [0.25, 0.3) is 0 Å². The fourth-order valence-corrected chi connectivity index (χ4v) is 2.30. The van der Waals surface area contributed by atoms with Crippen LogP contribution in [0.1, 0.15) is 34.3 Å². The van der Waals surface area contributed by atoms with Crippen LogP contribution in [0.4, 0.5) is 0 Å². The first-order valence-corrected chi connectivity index (χ1v) is 6.02. The largest absolute Gasteiger partial charge is 0.381 e. The minimum Gasteiger partial charge on any atom is -0.381 e. The average Bonchev–Trinajstić information content (AvgIpc) is 2.29. The smallest absolute Gasteiger partial charge is 0.183 e. The third-order valence-corrected chi connectivity index (χ3v) is 3.46. The van der Waals surface area contributed by atoms with Gasteiger partial charge in [-0.25, -0.2) is 0 Å². The Morgan fingerprint density at radius 3 is 2.53 bits per heavy atom. The van der Waals surface area contributed by atoms with Crippen LogP contribution in [-0.2, 0) is 4.74 Å². The molecule has 2 rings (SSSR count). The molecule has 1 heterocycles. The summed E-state index contributed by atoms with van der Waals surface area (Å²) in [5.41, 5.74) is 8.39. The van der Waals surface area contributed by atoms with E-state index in [4.69, 9.17) is 10.5 Å². The zero-order valence-corrected chi connectivity index (χ0v) is 10.5. The zero-order chi connectivity index (χ0) is 12.5. The Morgan fingerprint density at radius 1 is 1.29 bits per heavy atom. The van der Waals surface area contributed by atoms with Gasteiger partial charge in [-0.3, -0.25) is 4.79 Å². The highest BCUT2D eigenvalue weighted by Gasteiger charge is 2.36. The highest BCUT2D eigenvalue weighted by Crippen LogP contribution is 2.24. The quantitative estimate of drug-likeness (QED) is 0.795. The van der Waals surface area contributed by atoms with E-state index in [1.54, 1.807) is 0 Å². The molecular formula is C14H19NO2. The molecule has 3 heteroatoms. The third-order valence-electron chi connectivity index (χ3n) is 3.46.